The van der Waals surface area contributed by atoms with Crippen molar-refractivity contribution in [3.63, 3.8) is 0 Å². The zero-order chi connectivity index (χ0) is 18.9. The third-order valence-electron chi connectivity index (χ3n) is 3.98. The van der Waals surface area contributed by atoms with Crippen molar-refractivity contribution in [1.29, 1.82) is 0 Å². The van der Waals surface area contributed by atoms with Crippen molar-refractivity contribution in [2.75, 3.05) is 19.4 Å². The first-order valence-corrected chi connectivity index (χ1v) is 9.49. The van der Waals surface area contributed by atoms with E-state index in [-0.39, 0.29) is 4.90 Å². The number of amides is 1. The van der Waals surface area contributed by atoms with Gasteiger partial charge in [0.15, 0.2) is 11.5 Å². The Hall–Kier alpha value is -2.58. The molecular weight excluding hydrogens is 356 g/mol. The Labute approximate surface area is 152 Å². The summed E-state index contributed by atoms with van der Waals surface area (Å²) in [6, 6.07) is 13.2. The Morgan fingerprint density at radius 1 is 1.04 bits per heavy atom. The second kappa shape index (κ2) is 6.97. The van der Waals surface area contributed by atoms with Crippen LogP contribution in [0.5, 0.6) is 11.5 Å². The minimum absolute atomic E-state index is 0.0968. The molecule has 2 atom stereocenters. The molecule has 0 bridgehead atoms. The molecule has 0 fully saturated rings. The lowest BCUT2D eigenvalue weighted by atomic mass is 10.1. The largest absolute Gasteiger partial charge is 0.482 e. The van der Waals surface area contributed by atoms with Crippen molar-refractivity contribution in [2.24, 2.45) is 0 Å². The second-order valence-corrected chi connectivity index (χ2v) is 8.26. The zero-order valence-corrected chi connectivity index (χ0v) is 15.5. The monoisotopic (exact) mass is 376 g/mol. The molecule has 138 valence electrons. The van der Waals surface area contributed by atoms with Gasteiger partial charge in [0.2, 0.25) is 16.1 Å². The minimum atomic E-state index is -3.58. The molecule has 1 amide bonds. The molecule has 3 rings (SSSR count). The number of carbonyl (C=O) groups excluding carboxylic acids is 1. The molecule has 8 heteroatoms. The maximum Gasteiger partial charge on any atom is 0.269 e. The van der Waals surface area contributed by atoms with E-state index >= 15 is 0 Å². The van der Waals surface area contributed by atoms with E-state index in [4.69, 9.17) is 9.47 Å². The average molecular weight is 376 g/mol. The van der Waals surface area contributed by atoms with Crippen LogP contribution in [0.2, 0.25) is 0 Å². The number of hydrogen-bond donors (Lipinski definition) is 1. The molecule has 1 N–H and O–H groups in total. The summed E-state index contributed by atoms with van der Waals surface area (Å²) in [7, 11) is -0.682. The summed E-state index contributed by atoms with van der Waals surface area (Å²) in [5.41, 5.74) is 0.368. The summed E-state index contributed by atoms with van der Waals surface area (Å²) in [6.45, 7) is 1.74. The lowest BCUT2D eigenvalue weighted by molar-refractivity contribution is -0.128. The summed E-state index contributed by atoms with van der Waals surface area (Å²) in [4.78, 5) is 12.7. The van der Waals surface area contributed by atoms with E-state index in [0.717, 1.165) is 4.31 Å². The van der Waals surface area contributed by atoms with Gasteiger partial charge in [-0.25, -0.2) is 12.7 Å². The molecule has 26 heavy (non-hydrogen) atoms. The van der Waals surface area contributed by atoms with Crippen LogP contribution in [0.15, 0.2) is 53.4 Å². The van der Waals surface area contributed by atoms with Crippen LogP contribution in [-0.4, -0.2) is 44.9 Å². The van der Waals surface area contributed by atoms with Gasteiger partial charge in [-0.1, -0.05) is 18.2 Å². The Morgan fingerprint density at radius 2 is 1.69 bits per heavy atom. The highest BCUT2D eigenvalue weighted by molar-refractivity contribution is 7.89. The molecule has 7 nitrogen and oxygen atoms in total. The third-order valence-corrected chi connectivity index (χ3v) is 5.79. The fourth-order valence-electron chi connectivity index (χ4n) is 2.56. The van der Waals surface area contributed by atoms with E-state index in [1.807, 2.05) is 6.07 Å². The highest BCUT2D eigenvalue weighted by atomic mass is 32.2. The summed E-state index contributed by atoms with van der Waals surface area (Å²) >= 11 is 0. The van der Waals surface area contributed by atoms with Crippen molar-refractivity contribution in [3.8, 4) is 11.5 Å². The number of nitrogens with zero attached hydrogens (tertiary/aromatic N) is 1. The average Bonchev–Trinajstić information content (AvgIpc) is 2.61. The van der Waals surface area contributed by atoms with Crippen LogP contribution in [-0.2, 0) is 14.8 Å². The highest BCUT2D eigenvalue weighted by Crippen LogP contribution is 2.33. The van der Waals surface area contributed by atoms with E-state index < -0.39 is 28.1 Å². The first-order chi connectivity index (χ1) is 12.3. The van der Waals surface area contributed by atoms with Gasteiger partial charge >= 0.3 is 0 Å². The van der Waals surface area contributed by atoms with Gasteiger partial charge in [-0.05, 0) is 37.3 Å². The number of fused-ring (bicyclic) bond motifs is 1. The molecule has 1 aliphatic heterocycles. The van der Waals surface area contributed by atoms with Crippen LogP contribution in [0.4, 0.5) is 5.69 Å². The predicted molar refractivity (Wildman–Crippen MR) is 96.9 cm³/mol. The molecule has 0 saturated carbocycles. The van der Waals surface area contributed by atoms with Gasteiger partial charge in [0.25, 0.3) is 5.91 Å². The summed E-state index contributed by atoms with van der Waals surface area (Å²) in [5.74, 6) is 0.671. The molecule has 0 saturated heterocycles. The Morgan fingerprint density at radius 3 is 2.35 bits per heavy atom. The summed E-state index contributed by atoms with van der Waals surface area (Å²) in [5, 5.41) is 2.70. The quantitative estimate of drug-likeness (QED) is 0.883. The Balaban J connectivity index is 1.79. The summed E-state index contributed by atoms with van der Waals surface area (Å²) < 4.78 is 37.0. The molecule has 2 aromatic rings. The van der Waals surface area contributed by atoms with E-state index in [1.165, 1.54) is 26.2 Å². The van der Waals surface area contributed by atoms with Crippen LogP contribution in [0.3, 0.4) is 0 Å². The molecule has 1 heterocycles. The molecule has 2 unspecified atom stereocenters. The number of anilines is 1. The molecule has 0 spiro atoms. The first-order valence-electron chi connectivity index (χ1n) is 8.05. The van der Waals surface area contributed by atoms with E-state index in [1.54, 1.807) is 37.3 Å². The van der Waals surface area contributed by atoms with E-state index in [0.29, 0.717) is 17.2 Å². The van der Waals surface area contributed by atoms with Crippen LogP contribution < -0.4 is 14.8 Å². The molecular formula is C18H20N2O5S. The lowest BCUT2D eigenvalue weighted by Gasteiger charge is -2.31. The number of sulfonamides is 1. The smallest absolute Gasteiger partial charge is 0.269 e. The Bertz CT molecular complexity index is 927. The SMILES string of the molecule is CC1Oc2ccccc2OC1C(=O)Nc1cccc(S(=O)(=O)N(C)C)c1. The van der Waals surface area contributed by atoms with Crippen molar-refractivity contribution in [2.45, 2.75) is 24.0 Å². The van der Waals surface area contributed by atoms with Gasteiger partial charge in [-0.15, -0.1) is 0 Å². The molecule has 0 radical (unpaired) electrons. The topological polar surface area (TPSA) is 84.9 Å². The van der Waals surface area contributed by atoms with E-state index in [9.17, 15) is 13.2 Å². The van der Waals surface area contributed by atoms with Gasteiger partial charge < -0.3 is 14.8 Å². The fourth-order valence-corrected chi connectivity index (χ4v) is 3.51. The van der Waals surface area contributed by atoms with Gasteiger partial charge in [-0.3, -0.25) is 4.79 Å². The standard InChI is InChI=1S/C18H20N2O5S/c1-12-17(25-16-10-5-4-9-15(16)24-12)18(21)19-13-7-6-8-14(11-13)26(22,23)20(2)3/h4-12,17H,1-3H3,(H,19,21). The van der Waals surface area contributed by atoms with Crippen LogP contribution >= 0.6 is 0 Å². The van der Waals surface area contributed by atoms with Gasteiger partial charge in [0.1, 0.15) is 6.10 Å². The van der Waals surface area contributed by atoms with Gasteiger partial charge in [-0.2, -0.15) is 0 Å². The second-order valence-electron chi connectivity index (χ2n) is 6.11. The predicted octanol–water partition coefficient (Wildman–Crippen LogP) is 2.10. The fraction of sp³-hybridized carbons (Fsp3) is 0.278. The number of nitrogens with one attached hydrogen (secondary N) is 1. The minimum Gasteiger partial charge on any atom is -0.482 e. The molecule has 2 aromatic carbocycles. The van der Waals surface area contributed by atoms with Crippen molar-refractivity contribution in [1.82, 2.24) is 4.31 Å². The Kier molecular flexibility index (Phi) is 4.88. The molecule has 1 aliphatic rings. The third kappa shape index (κ3) is 3.51. The van der Waals surface area contributed by atoms with Crippen LogP contribution in [0.25, 0.3) is 0 Å². The summed E-state index contributed by atoms with van der Waals surface area (Å²) in [6.07, 6.45) is -1.34. The van der Waals surface area contributed by atoms with Crippen molar-refractivity contribution in [3.05, 3.63) is 48.5 Å². The van der Waals surface area contributed by atoms with Gasteiger partial charge in [0, 0.05) is 19.8 Å². The number of hydrogen-bond acceptors (Lipinski definition) is 5. The van der Waals surface area contributed by atoms with E-state index in [2.05, 4.69) is 5.32 Å². The number of benzene rings is 2. The normalized spacial score (nSPS) is 19.2. The first kappa shape index (κ1) is 18.2. The number of ether oxygens (including phenoxy) is 2. The molecule has 0 aliphatic carbocycles. The molecule has 0 aromatic heterocycles. The maximum absolute atomic E-state index is 12.6. The van der Waals surface area contributed by atoms with Gasteiger partial charge in [0.05, 0.1) is 4.90 Å². The van der Waals surface area contributed by atoms with Crippen molar-refractivity contribution < 1.29 is 22.7 Å². The van der Waals surface area contributed by atoms with Crippen molar-refractivity contribution >= 4 is 21.6 Å². The maximum atomic E-state index is 12.6. The van der Waals surface area contributed by atoms with Crippen LogP contribution in [0.1, 0.15) is 6.92 Å². The highest BCUT2D eigenvalue weighted by Gasteiger charge is 2.34. The number of rotatable bonds is 4. The van der Waals surface area contributed by atoms with Crippen LogP contribution in [0, 0.1) is 0 Å². The lowest BCUT2D eigenvalue weighted by Crippen LogP contribution is -2.46. The number of carbonyl (C=O) groups is 1. The zero-order valence-electron chi connectivity index (χ0n) is 14.7. The number of para-hydroxylation sites is 2.